The molecule has 0 aromatic rings. The normalized spacial score (nSPS) is 22.6. The number of amides is 1. The third kappa shape index (κ3) is 5.54. The molecule has 0 aliphatic carbocycles. The van der Waals surface area contributed by atoms with E-state index in [9.17, 15) is 4.79 Å². The summed E-state index contributed by atoms with van der Waals surface area (Å²) in [6.45, 7) is 9.79. The van der Waals surface area contributed by atoms with Crippen molar-refractivity contribution in [1.29, 1.82) is 0 Å². The summed E-state index contributed by atoms with van der Waals surface area (Å²) >= 11 is 1.83. The zero-order valence-corrected chi connectivity index (χ0v) is 16.2. The molecular formula is C17H33N3O2S. The lowest BCUT2D eigenvalue weighted by Crippen LogP contribution is -2.51. The van der Waals surface area contributed by atoms with Crippen LogP contribution < -0.4 is 0 Å². The molecule has 23 heavy (non-hydrogen) atoms. The summed E-state index contributed by atoms with van der Waals surface area (Å²) in [7, 11) is 2.20. The van der Waals surface area contributed by atoms with Crippen LogP contribution in [0.5, 0.6) is 0 Å². The maximum atomic E-state index is 12.1. The number of piperidine rings is 2. The summed E-state index contributed by atoms with van der Waals surface area (Å²) in [6.07, 6.45) is 6.65. The molecule has 134 valence electrons. The SMILES string of the molecule is CSN(C)C1CCN(C2CCN(C(=O)OC(C)(C)C)CC2)CC1. The summed E-state index contributed by atoms with van der Waals surface area (Å²) in [4.78, 5) is 16.6. The first-order valence-corrected chi connectivity index (χ1v) is 9.97. The van der Waals surface area contributed by atoms with Crippen LogP contribution in [0.2, 0.25) is 0 Å². The van der Waals surface area contributed by atoms with E-state index in [-0.39, 0.29) is 6.09 Å². The molecule has 2 aliphatic heterocycles. The Hall–Kier alpha value is -0.460. The Kier molecular flexibility index (Phi) is 6.63. The molecular weight excluding hydrogens is 310 g/mol. The number of carbonyl (C=O) groups excluding carboxylic acids is 1. The average Bonchev–Trinajstić information content (AvgIpc) is 2.53. The first kappa shape index (κ1) is 18.9. The molecule has 1 amide bonds. The lowest BCUT2D eigenvalue weighted by atomic mass is 9.98. The molecule has 6 heteroatoms. The van der Waals surface area contributed by atoms with Crippen molar-refractivity contribution in [3.8, 4) is 0 Å². The van der Waals surface area contributed by atoms with Crippen LogP contribution in [-0.4, -0.2) is 77.4 Å². The lowest BCUT2D eigenvalue weighted by Gasteiger charge is -2.43. The van der Waals surface area contributed by atoms with Crippen LogP contribution in [0, 0.1) is 0 Å². The topological polar surface area (TPSA) is 36.0 Å². The fourth-order valence-electron chi connectivity index (χ4n) is 3.50. The zero-order chi connectivity index (χ0) is 17.0. The zero-order valence-electron chi connectivity index (χ0n) is 15.4. The van der Waals surface area contributed by atoms with Gasteiger partial charge in [-0.15, -0.1) is 0 Å². The van der Waals surface area contributed by atoms with Gasteiger partial charge < -0.3 is 14.5 Å². The second-order valence-corrected chi connectivity index (χ2v) is 8.64. The van der Waals surface area contributed by atoms with Gasteiger partial charge in [0.05, 0.1) is 0 Å². The van der Waals surface area contributed by atoms with Gasteiger partial charge in [-0.1, -0.05) is 11.9 Å². The third-order valence-electron chi connectivity index (χ3n) is 4.93. The van der Waals surface area contributed by atoms with Crippen molar-refractivity contribution in [3.05, 3.63) is 0 Å². The smallest absolute Gasteiger partial charge is 0.410 e. The molecule has 0 atom stereocenters. The molecule has 2 rings (SSSR count). The van der Waals surface area contributed by atoms with Crippen LogP contribution in [-0.2, 0) is 4.74 Å². The highest BCUT2D eigenvalue weighted by Crippen LogP contribution is 2.25. The first-order valence-electron chi connectivity index (χ1n) is 8.79. The van der Waals surface area contributed by atoms with Crippen molar-refractivity contribution < 1.29 is 9.53 Å². The minimum Gasteiger partial charge on any atom is -0.444 e. The molecule has 0 aromatic heterocycles. The molecule has 5 nitrogen and oxygen atoms in total. The van der Waals surface area contributed by atoms with Crippen LogP contribution in [0.4, 0.5) is 4.79 Å². The Morgan fingerprint density at radius 3 is 2.13 bits per heavy atom. The van der Waals surface area contributed by atoms with Crippen molar-refractivity contribution in [2.24, 2.45) is 0 Å². The number of hydrogen-bond acceptors (Lipinski definition) is 5. The van der Waals surface area contributed by atoms with Gasteiger partial charge in [0, 0.05) is 25.2 Å². The Morgan fingerprint density at radius 1 is 1.09 bits per heavy atom. The molecule has 0 bridgehead atoms. The largest absolute Gasteiger partial charge is 0.444 e. The Labute approximate surface area is 145 Å². The van der Waals surface area contributed by atoms with Crippen molar-refractivity contribution in [2.75, 3.05) is 39.5 Å². The van der Waals surface area contributed by atoms with Gasteiger partial charge in [-0.05, 0) is 72.8 Å². The lowest BCUT2D eigenvalue weighted by molar-refractivity contribution is 0.0119. The Morgan fingerprint density at radius 2 is 1.65 bits per heavy atom. The minimum atomic E-state index is -0.404. The van der Waals surface area contributed by atoms with E-state index in [1.54, 1.807) is 0 Å². The highest BCUT2D eigenvalue weighted by molar-refractivity contribution is 7.96. The van der Waals surface area contributed by atoms with Crippen LogP contribution >= 0.6 is 11.9 Å². The van der Waals surface area contributed by atoms with Crippen LogP contribution in [0.3, 0.4) is 0 Å². The predicted molar refractivity (Wildman–Crippen MR) is 96.7 cm³/mol. The molecule has 2 fully saturated rings. The van der Waals surface area contributed by atoms with Gasteiger partial charge in [0.25, 0.3) is 0 Å². The highest BCUT2D eigenvalue weighted by Gasteiger charge is 2.31. The average molecular weight is 344 g/mol. The minimum absolute atomic E-state index is 0.156. The summed E-state index contributed by atoms with van der Waals surface area (Å²) in [5.41, 5.74) is -0.404. The second-order valence-electron chi connectivity index (χ2n) is 7.69. The van der Waals surface area contributed by atoms with Crippen molar-refractivity contribution in [3.63, 3.8) is 0 Å². The maximum Gasteiger partial charge on any atom is 0.410 e. The Balaban J connectivity index is 1.74. The molecule has 0 N–H and O–H groups in total. The van der Waals surface area contributed by atoms with Gasteiger partial charge in [-0.2, -0.15) is 0 Å². The molecule has 2 aliphatic rings. The summed E-state index contributed by atoms with van der Waals surface area (Å²) in [5.74, 6) is 0. The summed E-state index contributed by atoms with van der Waals surface area (Å²) in [6, 6.07) is 1.34. The number of hydrogen-bond donors (Lipinski definition) is 0. The van der Waals surface area contributed by atoms with Crippen LogP contribution in [0.15, 0.2) is 0 Å². The first-order chi connectivity index (χ1) is 10.8. The number of nitrogens with zero attached hydrogens (tertiary/aromatic N) is 3. The molecule has 0 aromatic carbocycles. The van der Waals surface area contributed by atoms with E-state index in [4.69, 9.17) is 4.74 Å². The molecule has 0 radical (unpaired) electrons. The van der Waals surface area contributed by atoms with E-state index >= 15 is 0 Å². The summed E-state index contributed by atoms with van der Waals surface area (Å²) < 4.78 is 7.87. The molecule has 2 heterocycles. The number of ether oxygens (including phenoxy) is 1. The molecule has 2 saturated heterocycles. The quantitative estimate of drug-likeness (QED) is 0.736. The fraction of sp³-hybridized carbons (Fsp3) is 0.941. The Bertz CT molecular complexity index is 384. The van der Waals surface area contributed by atoms with Gasteiger partial charge in [-0.3, -0.25) is 4.31 Å². The third-order valence-corrected chi connectivity index (χ3v) is 5.81. The molecule has 0 unspecified atom stereocenters. The van der Waals surface area contributed by atoms with E-state index in [2.05, 4.69) is 22.5 Å². The van der Waals surface area contributed by atoms with Crippen molar-refractivity contribution >= 4 is 18.0 Å². The van der Waals surface area contributed by atoms with Crippen LogP contribution in [0.25, 0.3) is 0 Å². The van der Waals surface area contributed by atoms with Gasteiger partial charge in [0.1, 0.15) is 5.60 Å². The fourth-order valence-corrected chi connectivity index (χ4v) is 4.01. The van der Waals surface area contributed by atoms with Gasteiger partial charge >= 0.3 is 6.09 Å². The van der Waals surface area contributed by atoms with Crippen molar-refractivity contribution in [1.82, 2.24) is 14.1 Å². The monoisotopic (exact) mass is 343 g/mol. The van der Waals surface area contributed by atoms with E-state index < -0.39 is 5.60 Å². The predicted octanol–water partition coefficient (Wildman–Crippen LogP) is 3.06. The van der Waals surface area contributed by atoms with Gasteiger partial charge in [-0.25, -0.2) is 4.79 Å². The maximum absolute atomic E-state index is 12.1. The summed E-state index contributed by atoms with van der Waals surface area (Å²) in [5, 5.41) is 0. The number of rotatable bonds is 3. The second kappa shape index (κ2) is 8.08. The molecule has 0 saturated carbocycles. The number of likely N-dealkylation sites (tertiary alicyclic amines) is 2. The number of carbonyl (C=O) groups is 1. The highest BCUT2D eigenvalue weighted by atomic mass is 32.2. The van der Waals surface area contributed by atoms with Crippen molar-refractivity contribution in [2.45, 2.75) is 64.1 Å². The van der Waals surface area contributed by atoms with E-state index in [1.807, 2.05) is 37.6 Å². The van der Waals surface area contributed by atoms with Crippen LogP contribution in [0.1, 0.15) is 46.5 Å². The molecule has 0 spiro atoms. The van der Waals surface area contributed by atoms with E-state index in [0.29, 0.717) is 12.1 Å². The van der Waals surface area contributed by atoms with E-state index in [0.717, 1.165) is 25.9 Å². The van der Waals surface area contributed by atoms with Gasteiger partial charge in [0.15, 0.2) is 0 Å². The van der Waals surface area contributed by atoms with Gasteiger partial charge in [0.2, 0.25) is 0 Å². The van der Waals surface area contributed by atoms with E-state index in [1.165, 1.54) is 25.9 Å². The standard InChI is InChI=1S/C17H33N3O2S/c1-17(2,3)22-16(21)20-12-8-15(9-13-20)19-10-6-14(7-11-19)18(4)23-5/h14-15H,6-13H2,1-5H3.